The number of rotatable bonds is 14. The minimum absolute atomic E-state index is 0.134. The average molecular weight is 577 g/mol. The molecule has 18 heteroatoms. The van der Waals surface area contributed by atoms with Gasteiger partial charge in [0.2, 0.25) is 15.5 Å². The number of ether oxygens (including phenoxy) is 5. The highest BCUT2D eigenvalue weighted by molar-refractivity contribution is 7.90. The molecule has 1 heterocycles. The summed E-state index contributed by atoms with van der Waals surface area (Å²) in [7, 11) is -8.54. The number of nitrogens with two attached hydrogens (primary N) is 1. The van der Waals surface area contributed by atoms with Crippen molar-refractivity contribution < 1.29 is 63.9 Å². The number of hydrogen-bond donors (Lipinski definition) is 2. The van der Waals surface area contributed by atoms with E-state index in [9.17, 15) is 36.0 Å². The first-order valence-electron chi connectivity index (χ1n) is 11.0. The van der Waals surface area contributed by atoms with Crippen molar-refractivity contribution in [3.63, 3.8) is 0 Å². The lowest BCUT2D eigenvalue weighted by molar-refractivity contribution is -0.238. The van der Waals surface area contributed by atoms with Gasteiger partial charge in [-0.3, -0.25) is 23.4 Å². The predicted molar refractivity (Wildman–Crippen MR) is 122 cm³/mol. The van der Waals surface area contributed by atoms with Gasteiger partial charge in [-0.15, -0.1) is 0 Å². The summed E-state index contributed by atoms with van der Waals surface area (Å²) in [5, 5.41) is 4.71. The van der Waals surface area contributed by atoms with Crippen LogP contribution in [0.4, 0.5) is 0 Å². The van der Waals surface area contributed by atoms with Gasteiger partial charge in [-0.2, -0.15) is 8.42 Å². The molecule has 0 radical (unpaired) electrons. The molecule has 1 aliphatic rings. The number of esters is 4. The van der Waals surface area contributed by atoms with Crippen molar-refractivity contribution in [3.8, 4) is 0 Å². The maximum Gasteiger partial charge on any atom is 0.333 e. The minimum atomic E-state index is -4.46. The monoisotopic (exact) mass is 576 g/mol. The second kappa shape index (κ2) is 14.5. The maximum absolute atomic E-state index is 13.1. The van der Waals surface area contributed by atoms with Crippen molar-refractivity contribution in [3.05, 3.63) is 0 Å². The molecule has 0 bridgehead atoms. The lowest BCUT2D eigenvalue weighted by atomic mass is 9.99. The predicted octanol–water partition coefficient (Wildman–Crippen LogP) is -1.62. The zero-order valence-electron chi connectivity index (χ0n) is 20.7. The topological polar surface area (TPSA) is 230 Å². The fraction of sp³-hybridized carbons (Fsp3) is 0.789. The van der Waals surface area contributed by atoms with E-state index in [-0.39, 0.29) is 26.0 Å². The molecular formula is C19H32N2O14S2. The molecule has 1 unspecified atom stereocenters. The van der Waals surface area contributed by atoms with Crippen LogP contribution in [0.3, 0.4) is 0 Å². The van der Waals surface area contributed by atoms with Gasteiger partial charge < -0.3 is 23.7 Å². The second-order valence-corrected chi connectivity index (χ2v) is 10.9. The summed E-state index contributed by atoms with van der Waals surface area (Å²) in [6.45, 7) is 3.21. The van der Waals surface area contributed by atoms with Crippen LogP contribution < -0.4 is 9.86 Å². The molecule has 214 valence electrons. The Morgan fingerprint density at radius 2 is 1.32 bits per heavy atom. The van der Waals surface area contributed by atoms with E-state index in [2.05, 4.69) is 8.91 Å². The molecule has 1 saturated heterocycles. The van der Waals surface area contributed by atoms with E-state index in [1.807, 2.05) is 0 Å². The number of carbonyl (C=O) groups is 4. The molecule has 3 N–H and O–H groups in total. The van der Waals surface area contributed by atoms with Gasteiger partial charge >= 0.3 is 34.2 Å². The van der Waals surface area contributed by atoms with Crippen molar-refractivity contribution in [2.45, 2.75) is 76.8 Å². The van der Waals surface area contributed by atoms with E-state index in [0.29, 0.717) is 6.42 Å². The van der Waals surface area contributed by atoms with Gasteiger partial charge in [-0.1, -0.05) is 0 Å². The molecule has 1 rings (SSSR count). The number of nitrogens with one attached hydrogen (secondary N) is 1. The van der Waals surface area contributed by atoms with E-state index in [0.717, 1.165) is 27.7 Å². The van der Waals surface area contributed by atoms with E-state index in [4.69, 9.17) is 28.8 Å². The highest BCUT2D eigenvalue weighted by Crippen LogP contribution is 2.31. The summed E-state index contributed by atoms with van der Waals surface area (Å²) in [5.41, 5.74) is -1.96. The number of hydrogen-bond acceptors (Lipinski definition) is 14. The van der Waals surface area contributed by atoms with Crippen LogP contribution in [0.1, 0.15) is 47.0 Å². The third-order valence-corrected chi connectivity index (χ3v) is 6.72. The Labute approximate surface area is 214 Å². The summed E-state index contributed by atoms with van der Waals surface area (Å²) in [4.78, 5) is 46.7. The molecule has 0 saturated carbocycles. The molecule has 0 amide bonds. The summed E-state index contributed by atoms with van der Waals surface area (Å²) in [6.07, 6.45) is -5.43. The first-order chi connectivity index (χ1) is 17.0. The molecule has 0 aromatic carbocycles. The summed E-state index contributed by atoms with van der Waals surface area (Å²) >= 11 is 0. The van der Waals surface area contributed by atoms with Crippen molar-refractivity contribution >= 4 is 44.2 Å². The van der Waals surface area contributed by atoms with Crippen molar-refractivity contribution in [2.75, 3.05) is 19.8 Å². The average Bonchev–Trinajstić information content (AvgIpc) is 2.72. The first-order valence-corrected chi connectivity index (χ1v) is 14.0. The Morgan fingerprint density at radius 1 is 0.784 bits per heavy atom. The van der Waals surface area contributed by atoms with Crippen LogP contribution >= 0.6 is 0 Å². The maximum atomic E-state index is 13.1. The number of carbonyl (C=O) groups excluding carboxylic acids is 4. The van der Waals surface area contributed by atoms with Crippen molar-refractivity contribution in [1.29, 1.82) is 0 Å². The Kier molecular flexibility index (Phi) is 12.8. The van der Waals surface area contributed by atoms with Gasteiger partial charge in [-0.05, 0) is 19.3 Å². The standard InChI is InChI=1S/C19H32N2O14S2/c1-11(22)30-10-15-16(32-12(2)23)17(33-13(3)24)18(34-14(4)25)19(35-15)36(26,27)21-8-6-5-7-9-31-37(20,28)29/h15-19,21H,5-10H2,1-4H3,(H2,20,28,29)/t15-,16+,17?,18+,19-/m0/s1. The molecule has 0 spiro atoms. The van der Waals surface area contributed by atoms with Gasteiger partial charge in [0.15, 0.2) is 18.3 Å². The van der Waals surface area contributed by atoms with Gasteiger partial charge in [0.1, 0.15) is 12.7 Å². The molecule has 1 aliphatic heterocycles. The Balaban J connectivity index is 3.15. The molecular weight excluding hydrogens is 544 g/mol. The van der Waals surface area contributed by atoms with Crippen molar-refractivity contribution in [2.24, 2.45) is 5.14 Å². The molecule has 16 nitrogen and oxygen atoms in total. The van der Waals surface area contributed by atoms with Crippen LogP contribution in [0.2, 0.25) is 0 Å². The van der Waals surface area contributed by atoms with Gasteiger partial charge in [-0.25, -0.2) is 18.3 Å². The molecule has 0 aromatic heterocycles. The molecule has 37 heavy (non-hydrogen) atoms. The Bertz CT molecular complexity index is 1030. The summed E-state index contributed by atoms with van der Waals surface area (Å²) in [6, 6.07) is 0. The molecule has 0 aliphatic carbocycles. The number of sulfonamides is 1. The third kappa shape index (κ3) is 12.1. The summed E-state index contributed by atoms with van der Waals surface area (Å²) in [5.74, 6) is -3.45. The van der Waals surface area contributed by atoms with Crippen LogP contribution in [-0.2, 0) is 67.4 Å². The van der Waals surface area contributed by atoms with Crippen LogP contribution in [0, 0.1) is 0 Å². The van der Waals surface area contributed by atoms with E-state index >= 15 is 0 Å². The van der Waals surface area contributed by atoms with E-state index in [1.165, 1.54) is 0 Å². The fourth-order valence-electron chi connectivity index (χ4n) is 3.31. The van der Waals surface area contributed by atoms with Gasteiger partial charge in [0.05, 0.1) is 6.61 Å². The zero-order valence-corrected chi connectivity index (χ0v) is 22.4. The SMILES string of the molecule is CC(=O)OC[C@@H]1O[C@@H](S(=O)(=O)NCCCCCOS(N)(=O)=O)[C@H](OC(C)=O)C(OC(C)=O)[C@@H]1OC(C)=O. The van der Waals surface area contributed by atoms with Crippen LogP contribution in [-0.4, -0.2) is 90.3 Å². The molecule has 0 aromatic rings. The van der Waals surface area contributed by atoms with Crippen LogP contribution in [0.25, 0.3) is 0 Å². The van der Waals surface area contributed by atoms with E-state index in [1.54, 1.807) is 0 Å². The first kappa shape index (κ1) is 32.6. The lowest BCUT2D eigenvalue weighted by Crippen LogP contribution is -2.65. The Morgan fingerprint density at radius 3 is 1.84 bits per heavy atom. The van der Waals surface area contributed by atoms with Gasteiger partial charge in [0.25, 0.3) is 0 Å². The Hall–Kier alpha value is -2.38. The normalized spacial score (nSPS) is 24.1. The molecule has 5 atom stereocenters. The van der Waals surface area contributed by atoms with Crippen LogP contribution in [0.15, 0.2) is 0 Å². The van der Waals surface area contributed by atoms with Crippen molar-refractivity contribution in [1.82, 2.24) is 4.72 Å². The van der Waals surface area contributed by atoms with E-state index < -0.39 is 80.7 Å². The quantitative estimate of drug-likeness (QED) is 0.134. The molecule has 1 fully saturated rings. The van der Waals surface area contributed by atoms with Gasteiger partial charge in [0, 0.05) is 34.2 Å². The zero-order chi connectivity index (χ0) is 28.4. The summed E-state index contributed by atoms with van der Waals surface area (Å²) < 4.78 is 80.4. The minimum Gasteiger partial charge on any atom is -0.463 e. The smallest absolute Gasteiger partial charge is 0.333 e. The number of unbranched alkanes of at least 4 members (excludes halogenated alkanes) is 2. The largest absolute Gasteiger partial charge is 0.463 e. The third-order valence-electron chi connectivity index (χ3n) is 4.63. The van der Waals surface area contributed by atoms with Crippen LogP contribution in [0.5, 0.6) is 0 Å². The fourth-order valence-corrected chi connectivity index (χ4v) is 5.11. The second-order valence-electron chi connectivity index (χ2n) is 7.88. The highest BCUT2D eigenvalue weighted by Gasteiger charge is 2.56. The highest BCUT2D eigenvalue weighted by atomic mass is 32.2. The lowest BCUT2D eigenvalue weighted by Gasteiger charge is -2.43.